The van der Waals surface area contributed by atoms with Crippen molar-refractivity contribution in [2.75, 3.05) is 7.05 Å². The fraction of sp³-hybridized carbons (Fsp3) is 0.462. The molecule has 1 unspecified atom stereocenters. The first-order chi connectivity index (χ1) is 9.35. The Kier molecular flexibility index (Phi) is 5.94. The van der Waals surface area contributed by atoms with Crippen molar-refractivity contribution in [1.82, 2.24) is 15.6 Å². The summed E-state index contributed by atoms with van der Waals surface area (Å²) in [6, 6.07) is 0.822. The number of carbonyl (C=O) groups excluding carboxylic acids is 2. The number of rotatable bonds is 5. The molecule has 1 heterocycles. The molecule has 7 heteroatoms. The Morgan fingerprint density at radius 1 is 1.40 bits per heavy atom. The first-order valence-electron chi connectivity index (χ1n) is 6.25. The van der Waals surface area contributed by atoms with E-state index in [1.807, 2.05) is 13.8 Å². The molecule has 0 fully saturated rings. The second-order valence-electron chi connectivity index (χ2n) is 4.84. The van der Waals surface area contributed by atoms with Crippen molar-refractivity contribution in [2.24, 2.45) is 5.92 Å². The van der Waals surface area contributed by atoms with Gasteiger partial charge in [-0.1, -0.05) is 13.8 Å². The molecule has 0 bridgehead atoms. The number of nitrogens with one attached hydrogen (secondary N) is 3. The maximum Gasteiger partial charge on any atom is 0.262 e. The summed E-state index contributed by atoms with van der Waals surface area (Å²) in [5.41, 5.74) is -0.0271. The molecule has 0 aliphatic carbocycles. The lowest BCUT2D eigenvalue weighted by Gasteiger charge is -2.19. The molecule has 20 heavy (non-hydrogen) atoms. The summed E-state index contributed by atoms with van der Waals surface area (Å²) in [6.07, 6.45) is 1.86. The lowest BCUT2D eigenvalue weighted by Crippen LogP contribution is -2.46. The number of likely N-dealkylation sites (N-methyl/N-ethyl adjacent to an activating group) is 1. The molecule has 1 aromatic heterocycles. The molecule has 1 atom stereocenters. The monoisotopic (exact) mass is 343 g/mol. The Morgan fingerprint density at radius 3 is 2.55 bits per heavy atom. The van der Waals surface area contributed by atoms with Gasteiger partial charge in [-0.05, 0) is 34.3 Å². The van der Waals surface area contributed by atoms with Gasteiger partial charge in [-0.25, -0.2) is 0 Å². The highest BCUT2D eigenvalue weighted by Gasteiger charge is 2.21. The van der Waals surface area contributed by atoms with Crippen LogP contribution in [0, 0.1) is 5.92 Å². The topological polar surface area (TPSA) is 91.1 Å². The van der Waals surface area contributed by atoms with E-state index in [1.54, 1.807) is 0 Å². The molecular weight excluding hydrogens is 326 g/mol. The average molecular weight is 344 g/mol. The zero-order chi connectivity index (χ0) is 15.3. The van der Waals surface area contributed by atoms with Crippen LogP contribution in [0.5, 0.6) is 0 Å². The minimum Gasteiger partial charge on any atom is -0.357 e. The van der Waals surface area contributed by atoms with Crippen molar-refractivity contribution in [2.45, 2.75) is 26.3 Å². The van der Waals surface area contributed by atoms with Gasteiger partial charge in [0.1, 0.15) is 6.04 Å². The van der Waals surface area contributed by atoms with Crippen LogP contribution in [0.1, 0.15) is 30.6 Å². The predicted molar refractivity (Wildman–Crippen MR) is 79.5 cm³/mol. The van der Waals surface area contributed by atoms with Gasteiger partial charge in [-0.2, -0.15) is 0 Å². The highest BCUT2D eigenvalue weighted by atomic mass is 79.9. The Bertz CT molecular complexity index is 554. The molecule has 1 aromatic rings. The van der Waals surface area contributed by atoms with Crippen LogP contribution in [0.3, 0.4) is 0 Å². The Labute approximate surface area is 125 Å². The van der Waals surface area contributed by atoms with Crippen LogP contribution < -0.4 is 16.2 Å². The van der Waals surface area contributed by atoms with Gasteiger partial charge < -0.3 is 15.6 Å². The third-order valence-corrected chi connectivity index (χ3v) is 3.28. The lowest BCUT2D eigenvalue weighted by molar-refractivity contribution is -0.122. The fourth-order valence-electron chi connectivity index (χ4n) is 1.71. The number of aromatic nitrogens is 1. The highest BCUT2D eigenvalue weighted by Crippen LogP contribution is 2.08. The minimum atomic E-state index is -0.599. The van der Waals surface area contributed by atoms with Gasteiger partial charge in [0.15, 0.2) is 0 Å². The molecular formula is C13H18BrN3O3. The van der Waals surface area contributed by atoms with Crippen LogP contribution in [0.25, 0.3) is 0 Å². The predicted octanol–water partition coefficient (Wildman–Crippen LogP) is 1.03. The van der Waals surface area contributed by atoms with Gasteiger partial charge in [-0.15, -0.1) is 0 Å². The summed E-state index contributed by atoms with van der Waals surface area (Å²) >= 11 is 3.06. The van der Waals surface area contributed by atoms with Gasteiger partial charge in [0, 0.05) is 13.2 Å². The maximum absolute atomic E-state index is 12.1. The van der Waals surface area contributed by atoms with E-state index in [1.165, 1.54) is 19.3 Å². The van der Waals surface area contributed by atoms with Crippen LogP contribution >= 0.6 is 15.9 Å². The standard InChI is InChI=1S/C13H18BrN3O3/c1-7(2)4-10(13(20)15-3)17-11(18)8-5-9(14)12(19)16-6-8/h5-7,10H,4H2,1-3H3,(H,15,20)(H,16,19)(H,17,18). The number of amides is 2. The first kappa shape index (κ1) is 16.4. The summed E-state index contributed by atoms with van der Waals surface area (Å²) in [7, 11) is 1.53. The van der Waals surface area contributed by atoms with E-state index in [0.29, 0.717) is 6.42 Å². The van der Waals surface area contributed by atoms with Gasteiger partial charge in [0.25, 0.3) is 11.5 Å². The van der Waals surface area contributed by atoms with E-state index in [0.717, 1.165) is 0 Å². The number of H-pyrrole nitrogens is 1. The van der Waals surface area contributed by atoms with Crippen molar-refractivity contribution >= 4 is 27.7 Å². The van der Waals surface area contributed by atoms with E-state index in [4.69, 9.17) is 0 Å². The number of halogens is 1. The SMILES string of the molecule is CNC(=O)C(CC(C)C)NC(=O)c1c[nH]c(=O)c(Br)c1. The normalized spacial score (nSPS) is 12.1. The summed E-state index contributed by atoms with van der Waals surface area (Å²) in [5, 5.41) is 5.20. The second kappa shape index (κ2) is 7.23. The number of aromatic amines is 1. The number of hydrogen-bond donors (Lipinski definition) is 3. The molecule has 0 aromatic carbocycles. The molecule has 0 spiro atoms. The smallest absolute Gasteiger partial charge is 0.262 e. The van der Waals surface area contributed by atoms with Gasteiger partial charge in [0.2, 0.25) is 5.91 Å². The van der Waals surface area contributed by atoms with Crippen molar-refractivity contribution in [3.05, 3.63) is 32.7 Å². The molecule has 0 aliphatic rings. The molecule has 0 saturated carbocycles. The Balaban J connectivity index is 2.86. The average Bonchev–Trinajstić information content (AvgIpc) is 2.39. The largest absolute Gasteiger partial charge is 0.357 e. The number of hydrogen-bond acceptors (Lipinski definition) is 3. The molecule has 0 aliphatic heterocycles. The van der Waals surface area contributed by atoms with Crippen LogP contribution in [0.4, 0.5) is 0 Å². The van der Waals surface area contributed by atoms with Crippen molar-refractivity contribution in [3.8, 4) is 0 Å². The fourth-order valence-corrected chi connectivity index (χ4v) is 2.07. The van der Waals surface area contributed by atoms with Gasteiger partial charge >= 0.3 is 0 Å². The van der Waals surface area contributed by atoms with E-state index < -0.39 is 11.9 Å². The summed E-state index contributed by atoms with van der Waals surface area (Å²) in [5.74, 6) is -0.383. The van der Waals surface area contributed by atoms with Crippen LogP contribution in [0.2, 0.25) is 0 Å². The summed E-state index contributed by atoms with van der Waals surface area (Å²) in [6.45, 7) is 3.94. The summed E-state index contributed by atoms with van der Waals surface area (Å²) < 4.78 is 0.269. The number of carbonyl (C=O) groups is 2. The number of pyridine rings is 1. The Hall–Kier alpha value is -1.63. The quantitative estimate of drug-likeness (QED) is 0.745. The van der Waals surface area contributed by atoms with E-state index in [-0.39, 0.29) is 27.4 Å². The zero-order valence-corrected chi connectivity index (χ0v) is 13.2. The lowest BCUT2D eigenvalue weighted by atomic mass is 10.0. The van der Waals surface area contributed by atoms with Crippen LogP contribution in [-0.4, -0.2) is 29.9 Å². The molecule has 6 nitrogen and oxygen atoms in total. The van der Waals surface area contributed by atoms with Gasteiger partial charge in [0.05, 0.1) is 10.0 Å². The van der Waals surface area contributed by atoms with E-state index in [2.05, 4.69) is 31.5 Å². The van der Waals surface area contributed by atoms with E-state index in [9.17, 15) is 14.4 Å². The molecule has 0 radical (unpaired) electrons. The van der Waals surface area contributed by atoms with Crippen molar-refractivity contribution < 1.29 is 9.59 Å². The molecule has 1 rings (SSSR count). The summed E-state index contributed by atoms with van der Waals surface area (Å²) in [4.78, 5) is 37.5. The zero-order valence-electron chi connectivity index (χ0n) is 11.6. The maximum atomic E-state index is 12.1. The molecule has 110 valence electrons. The minimum absolute atomic E-state index is 0.240. The second-order valence-corrected chi connectivity index (χ2v) is 5.69. The van der Waals surface area contributed by atoms with Gasteiger partial charge in [-0.3, -0.25) is 14.4 Å². The third-order valence-electron chi connectivity index (χ3n) is 2.70. The van der Waals surface area contributed by atoms with E-state index >= 15 is 0 Å². The van der Waals surface area contributed by atoms with Crippen molar-refractivity contribution in [1.29, 1.82) is 0 Å². The van der Waals surface area contributed by atoms with Crippen molar-refractivity contribution in [3.63, 3.8) is 0 Å². The molecule has 0 saturated heterocycles. The molecule has 3 N–H and O–H groups in total. The van der Waals surface area contributed by atoms with Crippen LogP contribution in [-0.2, 0) is 4.79 Å². The Morgan fingerprint density at radius 2 is 2.05 bits per heavy atom. The molecule has 2 amide bonds. The van der Waals surface area contributed by atoms with Crippen LogP contribution in [0.15, 0.2) is 21.5 Å². The third kappa shape index (κ3) is 4.48. The highest BCUT2D eigenvalue weighted by molar-refractivity contribution is 9.10. The first-order valence-corrected chi connectivity index (χ1v) is 7.05.